The molecule has 0 bridgehead atoms. The summed E-state index contributed by atoms with van der Waals surface area (Å²) in [5.74, 6) is 0.709. The van der Waals surface area contributed by atoms with E-state index in [0.29, 0.717) is 18.7 Å². The van der Waals surface area contributed by atoms with Crippen molar-refractivity contribution in [2.75, 3.05) is 0 Å². The van der Waals surface area contributed by atoms with Crippen molar-refractivity contribution >= 4 is 5.91 Å². The Labute approximate surface area is 169 Å². The second-order valence-electron chi connectivity index (χ2n) is 6.56. The highest BCUT2D eigenvalue weighted by Crippen LogP contribution is 2.14. The molecule has 0 aliphatic carbocycles. The second-order valence-corrected chi connectivity index (χ2v) is 6.56. The zero-order chi connectivity index (χ0) is 19.9. The predicted molar refractivity (Wildman–Crippen MR) is 112 cm³/mol. The van der Waals surface area contributed by atoms with E-state index < -0.39 is 0 Å². The fourth-order valence-corrected chi connectivity index (χ4v) is 3.01. The van der Waals surface area contributed by atoms with Crippen molar-refractivity contribution in [2.24, 2.45) is 0 Å². The van der Waals surface area contributed by atoms with Gasteiger partial charge in [0.1, 0.15) is 12.4 Å². The molecule has 0 spiro atoms. The summed E-state index contributed by atoms with van der Waals surface area (Å²) in [6.45, 7) is 0.886. The molecular formula is C24H21N3O2. The summed E-state index contributed by atoms with van der Waals surface area (Å²) in [6.07, 6.45) is 3.62. The van der Waals surface area contributed by atoms with Gasteiger partial charge in [0.25, 0.3) is 5.91 Å². The first-order valence-corrected chi connectivity index (χ1v) is 9.42. The lowest BCUT2D eigenvalue weighted by Crippen LogP contribution is -2.23. The Bertz CT molecular complexity index is 1060. The van der Waals surface area contributed by atoms with Gasteiger partial charge in [-0.15, -0.1) is 0 Å². The van der Waals surface area contributed by atoms with E-state index in [2.05, 4.69) is 10.4 Å². The van der Waals surface area contributed by atoms with E-state index in [1.165, 1.54) is 0 Å². The quantitative estimate of drug-likeness (QED) is 0.515. The minimum atomic E-state index is -0.115. The third-order valence-corrected chi connectivity index (χ3v) is 4.55. The van der Waals surface area contributed by atoms with Crippen LogP contribution in [0.15, 0.2) is 97.3 Å². The Morgan fingerprint density at radius 3 is 2.41 bits per heavy atom. The van der Waals surface area contributed by atoms with Crippen molar-refractivity contribution in [2.45, 2.75) is 13.2 Å². The number of hydrogen-bond acceptors (Lipinski definition) is 3. The van der Waals surface area contributed by atoms with E-state index in [1.54, 1.807) is 10.9 Å². The van der Waals surface area contributed by atoms with Crippen LogP contribution in [0.2, 0.25) is 0 Å². The second kappa shape index (κ2) is 8.89. The number of amides is 1. The third kappa shape index (κ3) is 4.71. The summed E-state index contributed by atoms with van der Waals surface area (Å²) in [5.41, 5.74) is 3.57. The zero-order valence-corrected chi connectivity index (χ0v) is 15.9. The summed E-state index contributed by atoms with van der Waals surface area (Å²) in [5, 5.41) is 7.26. The molecule has 29 heavy (non-hydrogen) atoms. The molecule has 4 rings (SSSR count). The normalized spacial score (nSPS) is 10.5. The van der Waals surface area contributed by atoms with Gasteiger partial charge in [0.05, 0.1) is 5.69 Å². The monoisotopic (exact) mass is 383 g/mol. The van der Waals surface area contributed by atoms with Gasteiger partial charge in [-0.05, 0) is 47.5 Å². The standard InChI is InChI=1S/C24H21N3O2/c28-24(25-17-21-7-4-5-10-23(21)27-16-6-15-26-27)20-13-11-19(12-14-20)18-29-22-8-2-1-3-9-22/h1-16H,17-18H2,(H,25,28). The third-order valence-electron chi connectivity index (χ3n) is 4.55. The minimum absolute atomic E-state index is 0.115. The number of carbonyl (C=O) groups is 1. The van der Waals surface area contributed by atoms with E-state index in [0.717, 1.165) is 22.6 Å². The SMILES string of the molecule is O=C(NCc1ccccc1-n1cccn1)c1ccc(COc2ccccc2)cc1. The van der Waals surface area contributed by atoms with Crippen molar-refractivity contribution < 1.29 is 9.53 Å². The fourth-order valence-electron chi connectivity index (χ4n) is 3.01. The van der Waals surface area contributed by atoms with Crippen LogP contribution in [0.5, 0.6) is 5.75 Å². The molecule has 0 aliphatic rings. The van der Waals surface area contributed by atoms with Crippen LogP contribution in [0.3, 0.4) is 0 Å². The molecule has 0 aliphatic heterocycles. The lowest BCUT2D eigenvalue weighted by molar-refractivity contribution is 0.0951. The Balaban J connectivity index is 1.36. The van der Waals surface area contributed by atoms with Crippen molar-refractivity contribution in [3.63, 3.8) is 0 Å². The molecule has 5 heteroatoms. The van der Waals surface area contributed by atoms with Gasteiger partial charge in [-0.25, -0.2) is 4.68 Å². The molecule has 1 N–H and O–H groups in total. The molecule has 1 aromatic heterocycles. The maximum Gasteiger partial charge on any atom is 0.251 e. The van der Waals surface area contributed by atoms with Crippen LogP contribution in [0.1, 0.15) is 21.5 Å². The number of carbonyl (C=O) groups excluding carboxylic acids is 1. The lowest BCUT2D eigenvalue weighted by Gasteiger charge is -2.11. The van der Waals surface area contributed by atoms with Gasteiger partial charge in [0, 0.05) is 24.5 Å². The van der Waals surface area contributed by atoms with Crippen molar-refractivity contribution in [1.82, 2.24) is 15.1 Å². The fraction of sp³-hybridized carbons (Fsp3) is 0.0833. The number of nitrogens with zero attached hydrogens (tertiary/aromatic N) is 2. The number of rotatable bonds is 7. The van der Waals surface area contributed by atoms with Crippen molar-refractivity contribution in [1.29, 1.82) is 0 Å². The molecule has 0 atom stereocenters. The number of hydrogen-bond donors (Lipinski definition) is 1. The number of ether oxygens (including phenoxy) is 1. The predicted octanol–water partition coefficient (Wildman–Crippen LogP) is 4.38. The van der Waals surface area contributed by atoms with Crippen LogP contribution in [-0.4, -0.2) is 15.7 Å². The van der Waals surface area contributed by atoms with Gasteiger partial charge >= 0.3 is 0 Å². The van der Waals surface area contributed by atoms with E-state index in [-0.39, 0.29) is 5.91 Å². The Morgan fingerprint density at radius 1 is 0.897 bits per heavy atom. The molecule has 1 amide bonds. The van der Waals surface area contributed by atoms with Gasteiger partial charge in [0.2, 0.25) is 0 Å². The smallest absolute Gasteiger partial charge is 0.251 e. The first-order valence-electron chi connectivity index (χ1n) is 9.42. The van der Waals surface area contributed by atoms with E-state index >= 15 is 0 Å². The van der Waals surface area contributed by atoms with Crippen LogP contribution in [0.25, 0.3) is 5.69 Å². The summed E-state index contributed by atoms with van der Waals surface area (Å²) in [4.78, 5) is 12.5. The van der Waals surface area contributed by atoms with Crippen LogP contribution < -0.4 is 10.1 Å². The van der Waals surface area contributed by atoms with Gasteiger partial charge in [-0.1, -0.05) is 48.5 Å². The number of para-hydroxylation sites is 2. The lowest BCUT2D eigenvalue weighted by atomic mass is 10.1. The molecule has 0 fully saturated rings. The highest BCUT2D eigenvalue weighted by molar-refractivity contribution is 5.94. The molecule has 4 aromatic rings. The maximum absolute atomic E-state index is 12.5. The van der Waals surface area contributed by atoms with Crippen molar-refractivity contribution in [3.8, 4) is 11.4 Å². The molecule has 0 unspecified atom stereocenters. The molecule has 144 valence electrons. The molecule has 0 saturated heterocycles. The Hall–Kier alpha value is -3.86. The van der Waals surface area contributed by atoms with Gasteiger partial charge < -0.3 is 10.1 Å². The number of nitrogens with one attached hydrogen (secondary N) is 1. The van der Waals surface area contributed by atoms with Crippen molar-refractivity contribution in [3.05, 3.63) is 114 Å². The summed E-state index contributed by atoms with van der Waals surface area (Å²) in [6, 6.07) is 26.9. The maximum atomic E-state index is 12.5. The van der Waals surface area contributed by atoms with Gasteiger partial charge in [-0.3, -0.25) is 4.79 Å². The summed E-state index contributed by atoms with van der Waals surface area (Å²) >= 11 is 0. The van der Waals surface area contributed by atoms with Crippen LogP contribution >= 0.6 is 0 Å². The average molecular weight is 383 g/mol. The minimum Gasteiger partial charge on any atom is -0.489 e. The topological polar surface area (TPSA) is 56.2 Å². The highest BCUT2D eigenvalue weighted by atomic mass is 16.5. The molecule has 3 aromatic carbocycles. The highest BCUT2D eigenvalue weighted by Gasteiger charge is 2.09. The zero-order valence-electron chi connectivity index (χ0n) is 15.9. The van der Waals surface area contributed by atoms with Crippen LogP contribution in [0.4, 0.5) is 0 Å². The Kier molecular flexibility index (Phi) is 5.67. The van der Waals surface area contributed by atoms with Crippen LogP contribution in [0, 0.1) is 0 Å². The molecule has 1 heterocycles. The van der Waals surface area contributed by atoms with Gasteiger partial charge in [-0.2, -0.15) is 5.10 Å². The average Bonchev–Trinajstić information content (AvgIpc) is 3.32. The summed E-state index contributed by atoms with van der Waals surface area (Å²) < 4.78 is 7.53. The number of aromatic nitrogens is 2. The molecule has 0 saturated carbocycles. The molecule has 0 radical (unpaired) electrons. The van der Waals surface area contributed by atoms with Crippen LogP contribution in [-0.2, 0) is 13.2 Å². The largest absolute Gasteiger partial charge is 0.489 e. The van der Waals surface area contributed by atoms with E-state index in [1.807, 2.05) is 91.1 Å². The van der Waals surface area contributed by atoms with E-state index in [9.17, 15) is 4.79 Å². The first-order chi connectivity index (χ1) is 14.3. The first kappa shape index (κ1) is 18.5. The van der Waals surface area contributed by atoms with Gasteiger partial charge in [0.15, 0.2) is 0 Å². The van der Waals surface area contributed by atoms with E-state index in [4.69, 9.17) is 4.74 Å². The summed E-state index contributed by atoms with van der Waals surface area (Å²) in [7, 11) is 0. The Morgan fingerprint density at radius 2 is 1.66 bits per heavy atom. The molecular weight excluding hydrogens is 362 g/mol. The molecule has 5 nitrogen and oxygen atoms in total. The number of benzene rings is 3.